The highest BCUT2D eigenvalue weighted by molar-refractivity contribution is 5.77. The molecule has 48 heavy (non-hydrogen) atoms. The van der Waals surface area contributed by atoms with Crippen LogP contribution >= 0.6 is 0 Å². The van der Waals surface area contributed by atoms with Crippen molar-refractivity contribution in [1.82, 2.24) is 10.2 Å². The van der Waals surface area contributed by atoms with E-state index in [-0.39, 0.29) is 18.6 Å². The minimum Gasteiger partial charge on any atom is -0.489 e. The number of aliphatic hydroxyl groups is 1. The predicted octanol–water partition coefficient (Wildman–Crippen LogP) is 6.60. The number of amides is 1. The number of likely N-dealkylation sites (tertiary alicyclic amines) is 1. The zero-order valence-corrected chi connectivity index (χ0v) is 27.8. The number of hydrogen-bond acceptors (Lipinski definition) is 6. The molecule has 2 N–H and O–H groups in total. The number of rotatable bonds is 15. The first-order chi connectivity index (χ1) is 23.6. The van der Waals surface area contributed by atoms with Gasteiger partial charge in [0.05, 0.1) is 19.3 Å². The topological polar surface area (TPSA) is 80.3 Å². The highest BCUT2D eigenvalue weighted by Gasteiger charge is 2.22. The van der Waals surface area contributed by atoms with E-state index < -0.39 is 6.10 Å². The number of fused-ring (bicyclic) bond motifs is 1. The lowest BCUT2D eigenvalue weighted by molar-refractivity contribution is -0.134. The van der Waals surface area contributed by atoms with Crippen LogP contribution in [0.2, 0.25) is 0 Å². The lowest BCUT2D eigenvalue weighted by Crippen LogP contribution is -2.38. The van der Waals surface area contributed by atoms with Gasteiger partial charge in [0, 0.05) is 25.7 Å². The molecule has 4 aromatic carbocycles. The fourth-order valence-electron chi connectivity index (χ4n) is 6.60. The van der Waals surface area contributed by atoms with Crippen molar-refractivity contribution in [1.29, 1.82) is 0 Å². The van der Waals surface area contributed by atoms with Gasteiger partial charge >= 0.3 is 0 Å². The van der Waals surface area contributed by atoms with Crippen LogP contribution < -0.4 is 14.8 Å². The average Bonchev–Trinajstić information content (AvgIpc) is 3.15. The SMILES string of the molecule is O=C(COc1ccc2c(c1)C[C@@H](NC[C@H](O)c1ccc(OCc3ccccc3)c(CCOCc3ccccc3)c1)CC2)N1CCCCC1. The lowest BCUT2D eigenvalue weighted by atomic mass is 9.88. The summed E-state index contributed by atoms with van der Waals surface area (Å²) in [4.78, 5) is 14.5. The molecular weight excluding hydrogens is 600 g/mol. The second kappa shape index (κ2) is 17.3. The fourth-order valence-corrected chi connectivity index (χ4v) is 6.60. The van der Waals surface area contributed by atoms with Gasteiger partial charge in [-0.15, -0.1) is 0 Å². The maximum absolute atomic E-state index is 12.6. The molecule has 7 heteroatoms. The van der Waals surface area contributed by atoms with Gasteiger partial charge in [-0.25, -0.2) is 0 Å². The molecule has 4 aromatic rings. The van der Waals surface area contributed by atoms with E-state index in [4.69, 9.17) is 14.2 Å². The molecular formula is C41H48N2O5. The van der Waals surface area contributed by atoms with E-state index in [9.17, 15) is 9.90 Å². The van der Waals surface area contributed by atoms with Crippen molar-refractivity contribution in [2.24, 2.45) is 0 Å². The molecule has 0 aromatic heterocycles. The van der Waals surface area contributed by atoms with Crippen LogP contribution in [0.4, 0.5) is 0 Å². The second-order valence-electron chi connectivity index (χ2n) is 13.0. The van der Waals surface area contributed by atoms with Gasteiger partial charge in [-0.1, -0.05) is 72.8 Å². The van der Waals surface area contributed by atoms with Crippen LogP contribution in [0.15, 0.2) is 97.1 Å². The van der Waals surface area contributed by atoms with Crippen LogP contribution in [-0.4, -0.2) is 54.8 Å². The summed E-state index contributed by atoms with van der Waals surface area (Å²) < 4.78 is 18.2. The molecule has 1 fully saturated rings. The van der Waals surface area contributed by atoms with E-state index in [0.29, 0.717) is 32.8 Å². The van der Waals surface area contributed by atoms with E-state index in [0.717, 1.165) is 78.9 Å². The van der Waals surface area contributed by atoms with E-state index in [1.54, 1.807) is 0 Å². The smallest absolute Gasteiger partial charge is 0.260 e. The fraction of sp³-hybridized carbons (Fsp3) is 0.390. The maximum Gasteiger partial charge on any atom is 0.260 e. The van der Waals surface area contributed by atoms with Crippen LogP contribution in [0.25, 0.3) is 0 Å². The third-order valence-corrected chi connectivity index (χ3v) is 9.41. The van der Waals surface area contributed by atoms with Crippen LogP contribution in [0, 0.1) is 0 Å². The maximum atomic E-state index is 12.6. The van der Waals surface area contributed by atoms with Gasteiger partial charge in [-0.05, 0) is 103 Å². The average molecular weight is 649 g/mol. The van der Waals surface area contributed by atoms with Crippen LogP contribution in [0.3, 0.4) is 0 Å². The molecule has 252 valence electrons. The summed E-state index contributed by atoms with van der Waals surface area (Å²) in [6.45, 7) is 3.80. The molecule has 2 atom stereocenters. The molecule has 0 radical (unpaired) electrons. The molecule has 1 saturated heterocycles. The molecule has 1 amide bonds. The van der Waals surface area contributed by atoms with E-state index in [2.05, 4.69) is 47.8 Å². The van der Waals surface area contributed by atoms with Crippen molar-refractivity contribution >= 4 is 5.91 Å². The molecule has 2 aliphatic rings. The number of ether oxygens (including phenoxy) is 3. The molecule has 6 rings (SSSR count). The molecule has 0 saturated carbocycles. The van der Waals surface area contributed by atoms with Crippen molar-refractivity contribution in [2.45, 2.75) is 70.3 Å². The number of nitrogens with zero attached hydrogens (tertiary/aromatic N) is 1. The van der Waals surface area contributed by atoms with E-state index in [1.807, 2.05) is 59.5 Å². The molecule has 1 aliphatic heterocycles. The summed E-state index contributed by atoms with van der Waals surface area (Å²) in [5.74, 6) is 1.62. The van der Waals surface area contributed by atoms with Gasteiger partial charge in [0.1, 0.15) is 18.1 Å². The highest BCUT2D eigenvalue weighted by atomic mass is 16.5. The third-order valence-electron chi connectivity index (χ3n) is 9.41. The van der Waals surface area contributed by atoms with Crippen LogP contribution in [0.1, 0.15) is 65.2 Å². The first-order valence-corrected chi connectivity index (χ1v) is 17.5. The minimum atomic E-state index is -0.658. The highest BCUT2D eigenvalue weighted by Crippen LogP contribution is 2.28. The molecule has 0 unspecified atom stereocenters. The minimum absolute atomic E-state index is 0.0691. The Morgan fingerprint density at radius 3 is 2.35 bits per heavy atom. The second-order valence-corrected chi connectivity index (χ2v) is 13.0. The number of hydrogen-bond donors (Lipinski definition) is 2. The van der Waals surface area contributed by atoms with Gasteiger partial charge in [0.25, 0.3) is 5.91 Å². The van der Waals surface area contributed by atoms with Gasteiger partial charge in [0.15, 0.2) is 6.61 Å². The molecule has 0 bridgehead atoms. The Hall–Kier alpha value is -4.17. The Morgan fingerprint density at radius 2 is 1.58 bits per heavy atom. The summed E-state index contributed by atoms with van der Waals surface area (Å²) in [5.41, 5.74) is 6.70. The Morgan fingerprint density at radius 1 is 0.833 bits per heavy atom. The third kappa shape index (κ3) is 9.69. The number of carbonyl (C=O) groups is 1. The summed E-state index contributed by atoms with van der Waals surface area (Å²) in [6, 6.07) is 32.8. The Kier molecular flexibility index (Phi) is 12.1. The quantitative estimate of drug-likeness (QED) is 0.142. The predicted molar refractivity (Wildman–Crippen MR) is 188 cm³/mol. The molecule has 1 heterocycles. The largest absolute Gasteiger partial charge is 0.489 e. The monoisotopic (exact) mass is 648 g/mol. The van der Waals surface area contributed by atoms with Crippen LogP contribution in [0.5, 0.6) is 11.5 Å². The van der Waals surface area contributed by atoms with Crippen molar-refractivity contribution in [3.05, 3.63) is 130 Å². The number of nitrogens with one attached hydrogen (secondary N) is 1. The van der Waals surface area contributed by atoms with Crippen LogP contribution in [-0.2, 0) is 42.0 Å². The van der Waals surface area contributed by atoms with Crippen molar-refractivity contribution in [3.8, 4) is 11.5 Å². The number of piperidine rings is 1. The van der Waals surface area contributed by atoms with Gasteiger partial charge < -0.3 is 29.5 Å². The summed E-state index contributed by atoms with van der Waals surface area (Å²) in [6.07, 6.45) is 6.20. The first-order valence-electron chi connectivity index (χ1n) is 17.5. The number of benzene rings is 4. The molecule has 7 nitrogen and oxygen atoms in total. The van der Waals surface area contributed by atoms with Crippen molar-refractivity contribution in [3.63, 3.8) is 0 Å². The molecule has 0 spiro atoms. The van der Waals surface area contributed by atoms with Crippen molar-refractivity contribution < 1.29 is 24.1 Å². The number of carbonyl (C=O) groups excluding carboxylic acids is 1. The van der Waals surface area contributed by atoms with Crippen molar-refractivity contribution in [2.75, 3.05) is 32.8 Å². The van der Waals surface area contributed by atoms with Gasteiger partial charge in [0.2, 0.25) is 0 Å². The zero-order chi connectivity index (χ0) is 33.0. The Labute approximate surface area is 284 Å². The first kappa shape index (κ1) is 33.7. The van der Waals surface area contributed by atoms with E-state index >= 15 is 0 Å². The summed E-state index contributed by atoms with van der Waals surface area (Å²) in [7, 11) is 0. The summed E-state index contributed by atoms with van der Waals surface area (Å²) in [5, 5.41) is 14.9. The lowest BCUT2D eigenvalue weighted by Gasteiger charge is -2.28. The van der Waals surface area contributed by atoms with E-state index in [1.165, 1.54) is 17.5 Å². The normalized spacial score (nSPS) is 16.6. The van der Waals surface area contributed by atoms with Gasteiger partial charge in [-0.3, -0.25) is 4.79 Å². The number of aliphatic hydroxyl groups excluding tert-OH is 1. The standard InChI is InChI=1S/C41H48N2O5/c44-39(27-42-37-17-14-33-15-18-38(26-36(33)25-37)47-30-41(45)43-21-8-3-9-22-43)34-16-19-40(48-29-32-12-6-2-7-13-32)35(24-34)20-23-46-28-31-10-4-1-5-11-31/h1-2,4-7,10-13,15-16,18-19,24,26,37,39,42,44H,3,8-9,14,17,20-23,25,27-30H2/t37-,39-/m0/s1. The zero-order valence-electron chi connectivity index (χ0n) is 27.8. The Balaban J connectivity index is 1.03. The van der Waals surface area contributed by atoms with Gasteiger partial charge in [-0.2, -0.15) is 0 Å². The Bertz CT molecular complexity index is 1590. The molecule has 1 aliphatic carbocycles. The number of aryl methyl sites for hydroxylation is 1. The summed E-state index contributed by atoms with van der Waals surface area (Å²) >= 11 is 0.